The highest BCUT2D eigenvalue weighted by Gasteiger charge is 2.18. The van der Waals surface area contributed by atoms with Crippen molar-refractivity contribution in [2.75, 3.05) is 0 Å². The number of hydrogen-bond donors (Lipinski definition) is 0. The van der Waals surface area contributed by atoms with Crippen molar-refractivity contribution < 1.29 is 4.42 Å². The fraction of sp³-hybridized carbons (Fsp3) is 0.0217. The average molecular weight is 642 g/mol. The van der Waals surface area contributed by atoms with Gasteiger partial charge in [-0.1, -0.05) is 151 Å². The standard InChI is InChI=1S/C46H31N3O/c1-30-12-11-19-36(26-30)32-20-22-35(23-21-32)45-47-44(34-17-9-4-10-18-34)48-46(49-45)37-24-25-39-41(28-37)50-42-29-38(31-13-5-2-6-14-31)27-40(43(39)42)33-15-7-3-8-16-33/h2-29H,1H3. The van der Waals surface area contributed by atoms with Gasteiger partial charge in [0.2, 0.25) is 0 Å². The SMILES string of the molecule is Cc1cccc(-c2ccc(-c3nc(-c4ccccc4)nc(-c4ccc5c(c4)oc4cc(-c6ccccc6)cc(-c6ccccc6)c45)n3)cc2)c1. The molecule has 0 N–H and O–H groups in total. The summed E-state index contributed by atoms with van der Waals surface area (Å²) in [6.45, 7) is 2.11. The zero-order chi connectivity index (χ0) is 33.4. The molecule has 7 aromatic carbocycles. The molecule has 0 aliphatic rings. The van der Waals surface area contributed by atoms with Crippen molar-refractivity contribution >= 4 is 21.9 Å². The lowest BCUT2D eigenvalue weighted by atomic mass is 9.94. The van der Waals surface area contributed by atoms with Crippen LogP contribution in [-0.2, 0) is 0 Å². The second kappa shape index (κ2) is 12.4. The lowest BCUT2D eigenvalue weighted by Crippen LogP contribution is -2.00. The Morgan fingerprint density at radius 2 is 0.860 bits per heavy atom. The Hall–Kier alpha value is -6.65. The van der Waals surface area contributed by atoms with E-state index in [1.54, 1.807) is 0 Å². The van der Waals surface area contributed by atoms with E-state index in [0.717, 1.165) is 66.4 Å². The molecule has 0 bridgehead atoms. The zero-order valence-corrected chi connectivity index (χ0v) is 27.4. The van der Waals surface area contributed by atoms with Crippen molar-refractivity contribution in [1.82, 2.24) is 15.0 Å². The monoisotopic (exact) mass is 641 g/mol. The van der Waals surface area contributed by atoms with E-state index in [9.17, 15) is 0 Å². The highest BCUT2D eigenvalue weighted by molar-refractivity contribution is 6.14. The third-order valence-corrected chi connectivity index (χ3v) is 9.19. The van der Waals surface area contributed by atoms with E-state index in [4.69, 9.17) is 19.4 Å². The van der Waals surface area contributed by atoms with Gasteiger partial charge in [-0.15, -0.1) is 0 Å². The molecule has 0 radical (unpaired) electrons. The van der Waals surface area contributed by atoms with Gasteiger partial charge in [-0.2, -0.15) is 0 Å². The number of benzene rings is 7. The zero-order valence-electron chi connectivity index (χ0n) is 27.4. The Balaban J connectivity index is 1.19. The van der Waals surface area contributed by atoms with E-state index < -0.39 is 0 Å². The van der Waals surface area contributed by atoms with Crippen LogP contribution in [0.4, 0.5) is 0 Å². The summed E-state index contributed by atoms with van der Waals surface area (Å²) in [5, 5.41) is 2.14. The fourth-order valence-electron chi connectivity index (χ4n) is 6.67. The van der Waals surface area contributed by atoms with E-state index in [-0.39, 0.29) is 0 Å². The number of furan rings is 1. The third kappa shape index (κ3) is 5.53. The molecule has 0 aliphatic heterocycles. The van der Waals surface area contributed by atoms with Gasteiger partial charge in [0, 0.05) is 27.5 Å². The second-order valence-corrected chi connectivity index (χ2v) is 12.6. The largest absolute Gasteiger partial charge is 0.456 e. The smallest absolute Gasteiger partial charge is 0.164 e. The van der Waals surface area contributed by atoms with Gasteiger partial charge in [0.1, 0.15) is 11.2 Å². The Morgan fingerprint density at radius 1 is 0.360 bits per heavy atom. The van der Waals surface area contributed by atoms with Crippen molar-refractivity contribution in [3.8, 4) is 67.5 Å². The molecule has 0 saturated carbocycles. The molecule has 2 heterocycles. The quantitative estimate of drug-likeness (QED) is 0.181. The number of hydrogen-bond acceptors (Lipinski definition) is 4. The lowest BCUT2D eigenvalue weighted by molar-refractivity contribution is 0.669. The number of nitrogens with zero attached hydrogens (tertiary/aromatic N) is 3. The first-order valence-electron chi connectivity index (χ1n) is 16.8. The minimum absolute atomic E-state index is 0.590. The van der Waals surface area contributed by atoms with Gasteiger partial charge < -0.3 is 4.42 Å². The molecule has 2 aromatic heterocycles. The highest BCUT2D eigenvalue weighted by Crippen LogP contribution is 2.41. The van der Waals surface area contributed by atoms with Crippen molar-refractivity contribution in [1.29, 1.82) is 0 Å². The van der Waals surface area contributed by atoms with Crippen LogP contribution in [0.3, 0.4) is 0 Å². The molecule has 0 aliphatic carbocycles. The molecule has 0 saturated heterocycles. The Kier molecular flexibility index (Phi) is 7.33. The molecule has 0 unspecified atom stereocenters. The summed E-state index contributed by atoms with van der Waals surface area (Å²) < 4.78 is 6.66. The molecule has 4 nitrogen and oxygen atoms in total. The first kappa shape index (κ1) is 29.5. The van der Waals surface area contributed by atoms with Crippen LogP contribution >= 0.6 is 0 Å². The summed E-state index contributed by atoms with van der Waals surface area (Å²) in [4.78, 5) is 15.0. The van der Waals surface area contributed by atoms with Crippen LogP contribution in [0, 0.1) is 6.92 Å². The summed E-state index contributed by atoms with van der Waals surface area (Å²) in [7, 11) is 0. The summed E-state index contributed by atoms with van der Waals surface area (Å²) in [6, 6.07) is 58.7. The summed E-state index contributed by atoms with van der Waals surface area (Å²) in [5.41, 5.74) is 12.4. The fourth-order valence-corrected chi connectivity index (χ4v) is 6.67. The number of aromatic nitrogens is 3. The third-order valence-electron chi connectivity index (χ3n) is 9.19. The van der Waals surface area contributed by atoms with Gasteiger partial charge in [-0.05, 0) is 64.6 Å². The van der Waals surface area contributed by atoms with Crippen LogP contribution < -0.4 is 0 Å². The van der Waals surface area contributed by atoms with E-state index >= 15 is 0 Å². The van der Waals surface area contributed by atoms with Gasteiger partial charge in [0.15, 0.2) is 17.5 Å². The van der Waals surface area contributed by atoms with Crippen LogP contribution in [-0.4, -0.2) is 15.0 Å². The molecule has 9 rings (SSSR count). The summed E-state index contributed by atoms with van der Waals surface area (Å²) >= 11 is 0. The first-order valence-corrected chi connectivity index (χ1v) is 16.8. The Labute approximate surface area is 290 Å². The molecular formula is C46H31N3O. The molecular weight excluding hydrogens is 611 g/mol. The van der Waals surface area contributed by atoms with Gasteiger partial charge >= 0.3 is 0 Å². The predicted octanol–water partition coefficient (Wildman–Crippen LogP) is 12.1. The molecule has 50 heavy (non-hydrogen) atoms. The lowest BCUT2D eigenvalue weighted by Gasteiger charge is -2.10. The molecule has 236 valence electrons. The van der Waals surface area contributed by atoms with Gasteiger partial charge in [0.05, 0.1) is 0 Å². The van der Waals surface area contributed by atoms with Crippen LogP contribution in [0.5, 0.6) is 0 Å². The van der Waals surface area contributed by atoms with E-state index in [0.29, 0.717) is 17.5 Å². The predicted molar refractivity (Wildman–Crippen MR) is 204 cm³/mol. The average Bonchev–Trinajstić information content (AvgIpc) is 3.56. The maximum Gasteiger partial charge on any atom is 0.164 e. The summed E-state index contributed by atoms with van der Waals surface area (Å²) in [5.74, 6) is 1.83. The number of fused-ring (bicyclic) bond motifs is 3. The van der Waals surface area contributed by atoms with Crippen molar-refractivity contribution in [2.45, 2.75) is 6.92 Å². The molecule has 9 aromatic rings. The topological polar surface area (TPSA) is 51.8 Å². The minimum atomic E-state index is 0.590. The van der Waals surface area contributed by atoms with Crippen molar-refractivity contribution in [2.24, 2.45) is 0 Å². The normalized spacial score (nSPS) is 11.3. The minimum Gasteiger partial charge on any atom is -0.456 e. The van der Waals surface area contributed by atoms with Crippen molar-refractivity contribution in [3.05, 3.63) is 175 Å². The number of rotatable bonds is 6. The molecule has 4 heteroatoms. The Morgan fingerprint density at radius 3 is 1.52 bits per heavy atom. The van der Waals surface area contributed by atoms with Crippen LogP contribution in [0.25, 0.3) is 89.5 Å². The van der Waals surface area contributed by atoms with Crippen LogP contribution in [0.15, 0.2) is 174 Å². The van der Waals surface area contributed by atoms with E-state index in [2.05, 4.69) is 134 Å². The highest BCUT2D eigenvalue weighted by atomic mass is 16.3. The second-order valence-electron chi connectivity index (χ2n) is 12.6. The molecule has 0 spiro atoms. The van der Waals surface area contributed by atoms with Gasteiger partial charge in [-0.25, -0.2) is 15.0 Å². The van der Waals surface area contributed by atoms with Gasteiger partial charge in [0.25, 0.3) is 0 Å². The Bertz CT molecular complexity index is 2630. The molecule has 0 atom stereocenters. The summed E-state index contributed by atoms with van der Waals surface area (Å²) in [6.07, 6.45) is 0. The van der Waals surface area contributed by atoms with E-state index in [1.807, 2.05) is 42.5 Å². The molecule has 0 amide bonds. The van der Waals surface area contributed by atoms with E-state index in [1.165, 1.54) is 11.1 Å². The maximum absolute atomic E-state index is 6.66. The van der Waals surface area contributed by atoms with Crippen LogP contribution in [0.1, 0.15) is 5.56 Å². The van der Waals surface area contributed by atoms with Crippen molar-refractivity contribution in [3.63, 3.8) is 0 Å². The molecule has 0 fully saturated rings. The maximum atomic E-state index is 6.66. The van der Waals surface area contributed by atoms with Crippen LogP contribution in [0.2, 0.25) is 0 Å². The number of aryl methyl sites for hydroxylation is 1. The van der Waals surface area contributed by atoms with Gasteiger partial charge in [-0.3, -0.25) is 0 Å². The first-order chi connectivity index (χ1) is 24.7.